The van der Waals surface area contributed by atoms with Crippen molar-refractivity contribution in [2.45, 2.75) is 58.9 Å². The van der Waals surface area contributed by atoms with Crippen LogP contribution in [-0.4, -0.2) is 11.5 Å². The van der Waals surface area contributed by atoms with E-state index < -0.39 is 0 Å². The van der Waals surface area contributed by atoms with Crippen molar-refractivity contribution in [2.75, 3.05) is 5.75 Å². The van der Waals surface area contributed by atoms with E-state index in [-0.39, 0.29) is 5.41 Å². The molecular formula is C25H30N2S. The summed E-state index contributed by atoms with van der Waals surface area (Å²) in [4.78, 5) is 4.87. The van der Waals surface area contributed by atoms with Crippen LogP contribution in [-0.2, 0) is 24.8 Å². The Kier molecular flexibility index (Phi) is 6.30. The zero-order valence-corrected chi connectivity index (χ0v) is 18.3. The van der Waals surface area contributed by atoms with Crippen LogP contribution in [0.5, 0.6) is 0 Å². The fourth-order valence-electron chi connectivity index (χ4n) is 4.16. The average molecular weight is 391 g/mol. The van der Waals surface area contributed by atoms with Gasteiger partial charge in [-0.1, -0.05) is 51.1 Å². The lowest BCUT2D eigenvalue weighted by Crippen LogP contribution is -2.20. The van der Waals surface area contributed by atoms with Crippen molar-refractivity contribution in [1.29, 1.82) is 5.26 Å². The summed E-state index contributed by atoms with van der Waals surface area (Å²) < 4.78 is 0. The van der Waals surface area contributed by atoms with Crippen LogP contribution in [0.4, 0.5) is 0 Å². The molecule has 0 aliphatic heterocycles. The monoisotopic (exact) mass is 390 g/mol. The van der Waals surface area contributed by atoms with Gasteiger partial charge < -0.3 is 0 Å². The van der Waals surface area contributed by atoms with Crippen molar-refractivity contribution < 1.29 is 0 Å². The standard InChI is InChI=1S/C25H30N2S/c1-17(2)12-20-9-8-19(13-22(20)14-26)18(3)27-15-21-6-5-7-24-23(21)10-11-25(24,4)16-28/h5-9,13,17,28H,10-12,15-16H2,1-4H3. The van der Waals surface area contributed by atoms with E-state index in [9.17, 15) is 5.26 Å². The number of nitrogens with zero attached hydrogens (tertiary/aromatic N) is 2. The van der Waals surface area contributed by atoms with Crippen LogP contribution in [0.15, 0.2) is 41.4 Å². The Labute approximate surface area is 175 Å². The Morgan fingerprint density at radius 1 is 1.25 bits per heavy atom. The number of rotatable bonds is 6. The van der Waals surface area contributed by atoms with Crippen molar-refractivity contribution in [2.24, 2.45) is 10.9 Å². The number of fused-ring (bicyclic) bond motifs is 1. The normalized spacial score (nSPS) is 19.0. The maximum atomic E-state index is 9.53. The summed E-state index contributed by atoms with van der Waals surface area (Å²) in [6, 6.07) is 15.1. The number of hydrogen-bond donors (Lipinski definition) is 1. The molecule has 28 heavy (non-hydrogen) atoms. The molecule has 2 aromatic carbocycles. The first-order valence-electron chi connectivity index (χ1n) is 10.1. The Balaban J connectivity index is 1.84. The van der Waals surface area contributed by atoms with Gasteiger partial charge in [0.1, 0.15) is 0 Å². The van der Waals surface area contributed by atoms with E-state index in [4.69, 9.17) is 4.99 Å². The lowest BCUT2D eigenvalue weighted by molar-refractivity contribution is 0.534. The topological polar surface area (TPSA) is 36.1 Å². The molecule has 1 aliphatic carbocycles. The van der Waals surface area contributed by atoms with Crippen LogP contribution < -0.4 is 0 Å². The highest BCUT2D eigenvalue weighted by atomic mass is 32.1. The van der Waals surface area contributed by atoms with Crippen molar-refractivity contribution in [3.05, 3.63) is 69.8 Å². The molecule has 1 unspecified atom stereocenters. The molecule has 0 aromatic heterocycles. The Morgan fingerprint density at radius 2 is 2.04 bits per heavy atom. The third kappa shape index (κ3) is 4.18. The SMILES string of the molecule is CC(=NCc1cccc2c1CCC2(C)CS)c1ccc(CC(C)C)c(C#N)c1. The van der Waals surface area contributed by atoms with Gasteiger partial charge >= 0.3 is 0 Å². The lowest BCUT2D eigenvalue weighted by Gasteiger charge is -2.23. The zero-order chi connectivity index (χ0) is 20.3. The smallest absolute Gasteiger partial charge is 0.0994 e. The molecule has 1 aliphatic rings. The number of thiol groups is 1. The molecule has 0 saturated carbocycles. The Hall–Kier alpha value is -2.05. The predicted molar refractivity (Wildman–Crippen MR) is 122 cm³/mol. The van der Waals surface area contributed by atoms with Crippen LogP contribution >= 0.6 is 12.6 Å². The fraction of sp³-hybridized carbons (Fsp3) is 0.440. The highest BCUT2D eigenvalue weighted by Crippen LogP contribution is 2.41. The molecular weight excluding hydrogens is 360 g/mol. The number of benzene rings is 2. The van der Waals surface area contributed by atoms with E-state index in [1.165, 1.54) is 16.7 Å². The molecule has 146 valence electrons. The minimum absolute atomic E-state index is 0.182. The second-order valence-electron chi connectivity index (χ2n) is 8.65. The molecule has 0 saturated heterocycles. The summed E-state index contributed by atoms with van der Waals surface area (Å²) in [5.74, 6) is 1.42. The van der Waals surface area contributed by atoms with Crippen LogP contribution in [0.1, 0.15) is 67.5 Å². The van der Waals surface area contributed by atoms with Gasteiger partial charge in [-0.05, 0) is 71.7 Å². The van der Waals surface area contributed by atoms with Gasteiger partial charge in [0.25, 0.3) is 0 Å². The van der Waals surface area contributed by atoms with E-state index in [0.717, 1.165) is 47.4 Å². The van der Waals surface area contributed by atoms with Crippen molar-refractivity contribution in [3.8, 4) is 6.07 Å². The molecule has 0 bridgehead atoms. The fourth-order valence-corrected chi connectivity index (χ4v) is 4.49. The minimum Gasteiger partial charge on any atom is -0.285 e. The predicted octanol–water partition coefficient (Wildman–Crippen LogP) is 5.90. The molecule has 3 rings (SSSR count). The number of nitriles is 1. The molecule has 1 atom stereocenters. The zero-order valence-electron chi connectivity index (χ0n) is 17.4. The average Bonchev–Trinajstić information content (AvgIpc) is 3.04. The Bertz CT molecular complexity index is 936. The van der Waals surface area contributed by atoms with Gasteiger partial charge in [0.2, 0.25) is 0 Å². The van der Waals surface area contributed by atoms with E-state index >= 15 is 0 Å². The van der Waals surface area contributed by atoms with Crippen molar-refractivity contribution in [1.82, 2.24) is 0 Å². The summed E-state index contributed by atoms with van der Waals surface area (Å²) >= 11 is 4.59. The Morgan fingerprint density at radius 3 is 2.71 bits per heavy atom. The van der Waals surface area contributed by atoms with Crippen LogP contribution in [0.25, 0.3) is 0 Å². The third-order valence-corrected chi connectivity index (χ3v) is 6.66. The van der Waals surface area contributed by atoms with Crippen molar-refractivity contribution in [3.63, 3.8) is 0 Å². The molecule has 0 N–H and O–H groups in total. The number of hydrogen-bond acceptors (Lipinski definition) is 3. The van der Waals surface area contributed by atoms with Gasteiger partial charge in [-0.15, -0.1) is 0 Å². The first kappa shape index (κ1) is 20.7. The molecule has 0 spiro atoms. The van der Waals surface area contributed by atoms with E-state index in [2.05, 4.69) is 69.8 Å². The summed E-state index contributed by atoms with van der Waals surface area (Å²) in [5.41, 5.74) is 8.32. The van der Waals surface area contributed by atoms with Crippen LogP contribution in [0.2, 0.25) is 0 Å². The maximum absolute atomic E-state index is 9.53. The summed E-state index contributed by atoms with van der Waals surface area (Å²) in [5, 5.41) is 9.53. The summed E-state index contributed by atoms with van der Waals surface area (Å²) in [6.07, 6.45) is 3.20. The second-order valence-corrected chi connectivity index (χ2v) is 8.96. The van der Waals surface area contributed by atoms with Gasteiger partial charge in [-0.25, -0.2) is 0 Å². The second kappa shape index (κ2) is 8.53. The molecule has 0 amide bonds. The van der Waals surface area contributed by atoms with Gasteiger partial charge in [0, 0.05) is 11.1 Å². The van der Waals surface area contributed by atoms with Gasteiger partial charge in [0.15, 0.2) is 0 Å². The van der Waals surface area contributed by atoms with Crippen LogP contribution in [0, 0.1) is 17.2 Å². The first-order valence-corrected chi connectivity index (χ1v) is 10.8. The van der Waals surface area contributed by atoms with Gasteiger partial charge in [0.05, 0.1) is 18.2 Å². The number of aliphatic imine (C=N–C) groups is 1. The van der Waals surface area contributed by atoms with E-state index in [1.54, 1.807) is 0 Å². The first-order chi connectivity index (χ1) is 13.4. The lowest BCUT2D eigenvalue weighted by atomic mass is 9.86. The maximum Gasteiger partial charge on any atom is 0.0994 e. The molecule has 3 heteroatoms. The van der Waals surface area contributed by atoms with E-state index in [0.29, 0.717) is 12.5 Å². The highest BCUT2D eigenvalue weighted by molar-refractivity contribution is 7.80. The quantitative estimate of drug-likeness (QED) is 0.484. The van der Waals surface area contributed by atoms with Gasteiger partial charge in [-0.3, -0.25) is 4.99 Å². The van der Waals surface area contributed by atoms with Crippen LogP contribution in [0.3, 0.4) is 0 Å². The summed E-state index contributed by atoms with van der Waals surface area (Å²) in [7, 11) is 0. The molecule has 2 aromatic rings. The summed E-state index contributed by atoms with van der Waals surface area (Å²) in [6.45, 7) is 9.40. The third-order valence-electron chi connectivity index (χ3n) is 5.96. The molecule has 0 radical (unpaired) electrons. The highest BCUT2D eigenvalue weighted by Gasteiger charge is 2.33. The van der Waals surface area contributed by atoms with Crippen molar-refractivity contribution >= 4 is 18.3 Å². The molecule has 0 fully saturated rings. The van der Waals surface area contributed by atoms with Gasteiger partial charge in [-0.2, -0.15) is 17.9 Å². The van der Waals surface area contributed by atoms with E-state index in [1.807, 2.05) is 13.0 Å². The minimum atomic E-state index is 0.182. The molecule has 0 heterocycles. The molecule has 2 nitrogen and oxygen atoms in total. The largest absolute Gasteiger partial charge is 0.285 e.